The maximum atomic E-state index is 11.5. The van der Waals surface area contributed by atoms with Crippen LogP contribution in [0.15, 0.2) is 45.6 Å². The first kappa shape index (κ1) is 8.91. The van der Waals surface area contributed by atoms with Gasteiger partial charge in [-0.2, -0.15) is 0 Å². The second-order valence-corrected chi connectivity index (χ2v) is 3.44. The molecule has 16 heavy (non-hydrogen) atoms. The zero-order chi connectivity index (χ0) is 11.1. The molecule has 0 unspecified atom stereocenters. The molecule has 0 fully saturated rings. The first-order valence-corrected chi connectivity index (χ1v) is 4.77. The third-order valence-electron chi connectivity index (χ3n) is 2.38. The fraction of sp³-hybridized carbons (Fsp3) is 0. The minimum atomic E-state index is -0.216. The van der Waals surface area contributed by atoms with Crippen LogP contribution in [-0.2, 0) is 0 Å². The number of aromatic hydroxyl groups is 1. The van der Waals surface area contributed by atoms with E-state index in [0.29, 0.717) is 16.9 Å². The van der Waals surface area contributed by atoms with Crippen LogP contribution in [0.2, 0.25) is 0 Å². The smallest absolute Gasteiger partial charge is 0.208 e. The van der Waals surface area contributed by atoms with Crippen LogP contribution < -0.4 is 5.43 Å². The van der Waals surface area contributed by atoms with Crippen LogP contribution in [0.3, 0.4) is 0 Å². The molecule has 1 aliphatic heterocycles. The van der Waals surface area contributed by atoms with E-state index in [-0.39, 0.29) is 16.9 Å². The zero-order valence-electron chi connectivity index (χ0n) is 8.18. The molecule has 4 nitrogen and oxygen atoms in total. The maximum absolute atomic E-state index is 11.5. The van der Waals surface area contributed by atoms with Crippen molar-refractivity contribution < 1.29 is 9.52 Å². The first-order valence-electron chi connectivity index (χ1n) is 4.77. The zero-order valence-corrected chi connectivity index (χ0v) is 8.18. The summed E-state index contributed by atoms with van der Waals surface area (Å²) in [5, 5.41) is 9.60. The van der Waals surface area contributed by atoms with Crippen LogP contribution in [0.4, 0.5) is 0 Å². The van der Waals surface area contributed by atoms with Crippen molar-refractivity contribution in [1.29, 1.82) is 0 Å². The molecule has 1 N–H and O–H groups in total. The van der Waals surface area contributed by atoms with Gasteiger partial charge in [0, 0.05) is 0 Å². The molecule has 0 bridgehead atoms. The molecule has 0 atom stereocenters. The van der Waals surface area contributed by atoms with Gasteiger partial charge in [0.25, 0.3) is 0 Å². The minimum Gasteiger partial charge on any atom is -0.506 e. The molecule has 1 aromatic carbocycles. The molecular weight excluding hydrogens is 206 g/mol. The van der Waals surface area contributed by atoms with E-state index in [1.165, 1.54) is 12.1 Å². The third kappa shape index (κ3) is 1.16. The van der Waals surface area contributed by atoms with Gasteiger partial charge in [-0.05, 0) is 24.3 Å². The highest BCUT2D eigenvalue weighted by Crippen LogP contribution is 2.27. The number of benzene rings is 2. The molecule has 0 amide bonds. The van der Waals surface area contributed by atoms with E-state index in [4.69, 9.17) is 4.42 Å². The van der Waals surface area contributed by atoms with E-state index < -0.39 is 0 Å². The van der Waals surface area contributed by atoms with E-state index in [0.717, 1.165) is 0 Å². The molecule has 0 saturated heterocycles. The lowest BCUT2D eigenvalue weighted by atomic mass is 10.2. The second kappa shape index (κ2) is 3.06. The summed E-state index contributed by atoms with van der Waals surface area (Å²) in [5.74, 6) is 0.428. The molecule has 3 rings (SSSR count). The van der Waals surface area contributed by atoms with Crippen LogP contribution in [0, 0.1) is 0 Å². The van der Waals surface area contributed by atoms with Gasteiger partial charge >= 0.3 is 0 Å². The number of hydrogen-bond acceptors (Lipinski definition) is 4. The Morgan fingerprint density at radius 2 is 1.94 bits per heavy atom. The normalized spacial score (nSPS) is 11.0. The molecule has 0 radical (unpaired) electrons. The second-order valence-electron chi connectivity index (χ2n) is 3.44. The van der Waals surface area contributed by atoms with Crippen LogP contribution in [0.1, 0.15) is 0 Å². The van der Waals surface area contributed by atoms with Gasteiger partial charge in [0.1, 0.15) is 11.3 Å². The van der Waals surface area contributed by atoms with Gasteiger partial charge < -0.3 is 9.52 Å². The van der Waals surface area contributed by atoms with Crippen molar-refractivity contribution in [2.45, 2.75) is 0 Å². The summed E-state index contributed by atoms with van der Waals surface area (Å²) < 4.78 is 5.49. The number of nitrogens with zero attached hydrogens (tertiary/aromatic N) is 1. The number of para-hydroxylation sites is 2. The third-order valence-corrected chi connectivity index (χ3v) is 2.38. The number of fused-ring (bicyclic) bond motifs is 2. The molecule has 0 saturated carbocycles. The van der Waals surface area contributed by atoms with Crippen molar-refractivity contribution in [1.82, 2.24) is 4.98 Å². The van der Waals surface area contributed by atoms with Crippen LogP contribution in [0.25, 0.3) is 22.6 Å². The molecule has 0 spiro atoms. The van der Waals surface area contributed by atoms with Gasteiger partial charge in [0.15, 0.2) is 17.0 Å². The van der Waals surface area contributed by atoms with Gasteiger partial charge in [-0.3, -0.25) is 4.79 Å². The lowest BCUT2D eigenvalue weighted by Crippen LogP contribution is -2.05. The SMILES string of the molecule is O=c1cccc2oc3cccc(O)c3nc1-2. The summed E-state index contributed by atoms with van der Waals surface area (Å²) in [7, 11) is 0. The van der Waals surface area contributed by atoms with Gasteiger partial charge in [-0.1, -0.05) is 12.1 Å². The van der Waals surface area contributed by atoms with Crippen molar-refractivity contribution >= 4 is 11.1 Å². The summed E-state index contributed by atoms with van der Waals surface area (Å²) in [6, 6.07) is 9.56. The molecule has 1 heterocycles. The number of rotatable bonds is 0. The Morgan fingerprint density at radius 3 is 2.81 bits per heavy atom. The summed E-state index contributed by atoms with van der Waals surface area (Å²) in [5.41, 5.74) is 0.777. The van der Waals surface area contributed by atoms with Crippen LogP contribution in [0.5, 0.6) is 5.75 Å². The lowest BCUT2D eigenvalue weighted by Gasteiger charge is -2.05. The minimum absolute atomic E-state index is 0.00593. The van der Waals surface area contributed by atoms with Gasteiger partial charge in [0.2, 0.25) is 5.43 Å². The highest BCUT2D eigenvalue weighted by atomic mass is 16.3. The van der Waals surface area contributed by atoms with E-state index >= 15 is 0 Å². The summed E-state index contributed by atoms with van der Waals surface area (Å²) in [6.45, 7) is 0. The molecule has 0 aromatic heterocycles. The quantitative estimate of drug-likeness (QED) is 0.580. The lowest BCUT2D eigenvalue weighted by molar-refractivity contribution is 0.478. The maximum Gasteiger partial charge on any atom is 0.208 e. The predicted molar refractivity (Wildman–Crippen MR) is 58.6 cm³/mol. The monoisotopic (exact) mass is 213 g/mol. The van der Waals surface area contributed by atoms with E-state index in [1.54, 1.807) is 24.3 Å². The number of phenolic OH excluding ortho intramolecular Hbond substituents is 1. The predicted octanol–water partition coefficient (Wildman–Crippen LogP) is 2.00. The number of hydrogen-bond donors (Lipinski definition) is 1. The Morgan fingerprint density at radius 1 is 1.12 bits per heavy atom. The summed E-state index contributed by atoms with van der Waals surface area (Å²) in [6.07, 6.45) is 0. The Labute approximate surface area is 90.1 Å². The molecular formula is C12H7NO3. The molecule has 1 aliphatic carbocycles. The Bertz CT molecular complexity index is 702. The highest BCUT2D eigenvalue weighted by molar-refractivity contribution is 5.81. The van der Waals surface area contributed by atoms with E-state index in [1.807, 2.05) is 0 Å². The standard InChI is InChI=1S/C12H7NO3/c14-7-3-1-5-9-11(7)13-12-8(15)4-2-6-10(12)16-9/h1-6,14H. The van der Waals surface area contributed by atoms with Gasteiger partial charge in [0.05, 0.1) is 0 Å². The average molecular weight is 213 g/mol. The first-order chi connectivity index (χ1) is 7.75. The van der Waals surface area contributed by atoms with Crippen molar-refractivity contribution in [3.05, 3.63) is 46.6 Å². The van der Waals surface area contributed by atoms with Crippen molar-refractivity contribution in [2.24, 2.45) is 0 Å². The fourth-order valence-corrected chi connectivity index (χ4v) is 1.63. The largest absolute Gasteiger partial charge is 0.506 e. The Balaban J connectivity index is 2.56. The van der Waals surface area contributed by atoms with Crippen molar-refractivity contribution in [2.75, 3.05) is 0 Å². The van der Waals surface area contributed by atoms with Crippen LogP contribution in [-0.4, -0.2) is 10.1 Å². The average Bonchev–Trinajstić information content (AvgIpc) is 2.28. The molecule has 4 heteroatoms. The molecule has 78 valence electrons. The van der Waals surface area contributed by atoms with Crippen LogP contribution >= 0.6 is 0 Å². The van der Waals surface area contributed by atoms with Gasteiger partial charge in [-0.25, -0.2) is 4.98 Å². The van der Waals surface area contributed by atoms with Crippen molar-refractivity contribution in [3.63, 3.8) is 0 Å². The topological polar surface area (TPSA) is 63.3 Å². The van der Waals surface area contributed by atoms with Gasteiger partial charge in [-0.15, -0.1) is 0 Å². The number of phenols is 1. The summed E-state index contributed by atoms with van der Waals surface area (Å²) in [4.78, 5) is 15.7. The van der Waals surface area contributed by atoms with Crippen molar-refractivity contribution in [3.8, 4) is 17.2 Å². The molecule has 2 aliphatic rings. The Hall–Kier alpha value is -2.36. The number of aromatic nitrogens is 1. The van der Waals surface area contributed by atoms with E-state index in [9.17, 15) is 9.90 Å². The summed E-state index contributed by atoms with van der Waals surface area (Å²) >= 11 is 0. The Kier molecular flexibility index (Phi) is 1.71. The molecule has 1 aromatic rings. The highest BCUT2D eigenvalue weighted by Gasteiger charge is 2.13. The fourth-order valence-electron chi connectivity index (χ4n) is 1.63. The van der Waals surface area contributed by atoms with E-state index in [2.05, 4.69) is 4.98 Å².